The molecule has 0 heterocycles. The lowest BCUT2D eigenvalue weighted by atomic mass is 10.1. The molecule has 0 fully saturated rings. The van der Waals surface area contributed by atoms with Gasteiger partial charge in [-0.2, -0.15) is 0 Å². The lowest BCUT2D eigenvalue weighted by Gasteiger charge is -2.31. The van der Waals surface area contributed by atoms with Gasteiger partial charge in [-0.25, -0.2) is 0 Å². The molecule has 0 radical (unpaired) electrons. The van der Waals surface area contributed by atoms with E-state index in [9.17, 15) is 9.59 Å². The molecular weight excluding hydrogens is 574 g/mol. The first-order valence-electron chi connectivity index (χ1n) is 15.2. The molecule has 0 aliphatic carbocycles. The molecule has 244 valence electrons. The summed E-state index contributed by atoms with van der Waals surface area (Å²) < 4.78 is 27.8. The van der Waals surface area contributed by atoms with Crippen LogP contribution in [0.5, 0.6) is 28.7 Å². The smallest absolute Gasteiger partial charge is 0.254 e. The minimum absolute atomic E-state index is 0.0276. The van der Waals surface area contributed by atoms with Crippen LogP contribution in [-0.4, -0.2) is 63.3 Å². The Morgan fingerprint density at radius 1 is 0.689 bits per heavy atom. The summed E-state index contributed by atoms with van der Waals surface area (Å²) in [7, 11) is 4.63. The van der Waals surface area contributed by atoms with Gasteiger partial charge in [0.2, 0.25) is 0 Å². The fraction of sp³-hybridized carbons (Fsp3) is 0.429. The second-order valence-electron chi connectivity index (χ2n) is 11.1. The number of nitrogens with one attached hydrogen (secondary N) is 1. The van der Waals surface area contributed by atoms with E-state index in [0.717, 1.165) is 30.6 Å². The largest absolute Gasteiger partial charge is 0.494 e. The zero-order chi connectivity index (χ0) is 32.9. The minimum atomic E-state index is -0.690. The molecule has 3 rings (SSSR count). The molecule has 1 atom stereocenters. The summed E-state index contributed by atoms with van der Waals surface area (Å²) in [6.45, 7) is 9.13. The van der Waals surface area contributed by atoms with Gasteiger partial charge in [0.25, 0.3) is 11.8 Å². The van der Waals surface area contributed by atoms with Crippen LogP contribution in [0.25, 0.3) is 0 Å². The van der Waals surface area contributed by atoms with Gasteiger partial charge in [0.1, 0.15) is 11.9 Å². The van der Waals surface area contributed by atoms with Crippen molar-refractivity contribution >= 4 is 11.8 Å². The Labute approximate surface area is 266 Å². The average Bonchev–Trinajstić information content (AvgIpc) is 3.03. The third-order valence-electron chi connectivity index (χ3n) is 7.24. The van der Waals surface area contributed by atoms with E-state index >= 15 is 0 Å². The predicted octanol–water partition coefficient (Wildman–Crippen LogP) is 5.99. The summed E-state index contributed by atoms with van der Waals surface area (Å²) >= 11 is 0. The molecule has 3 aromatic rings. The lowest BCUT2D eigenvalue weighted by Crippen LogP contribution is -2.42. The number of amides is 2. The first-order chi connectivity index (χ1) is 21.6. The monoisotopic (exact) mass is 621 g/mol. The molecule has 0 aromatic heterocycles. The summed E-state index contributed by atoms with van der Waals surface area (Å²) in [5.41, 5.74) is 7.97. The molecule has 0 saturated carbocycles. The number of hydrogen-bond acceptors (Lipinski definition) is 8. The van der Waals surface area contributed by atoms with Crippen molar-refractivity contribution in [3.8, 4) is 28.7 Å². The Bertz CT molecular complexity index is 1380. The van der Waals surface area contributed by atoms with Gasteiger partial charge in [0.05, 0.1) is 34.5 Å². The fourth-order valence-corrected chi connectivity index (χ4v) is 4.94. The maximum atomic E-state index is 13.0. The van der Waals surface area contributed by atoms with Crippen LogP contribution in [0.15, 0.2) is 60.7 Å². The van der Waals surface area contributed by atoms with Crippen LogP contribution in [0.3, 0.4) is 0 Å². The predicted molar refractivity (Wildman–Crippen MR) is 175 cm³/mol. The second-order valence-corrected chi connectivity index (χ2v) is 11.1. The summed E-state index contributed by atoms with van der Waals surface area (Å²) in [4.78, 5) is 27.6. The molecule has 0 spiro atoms. The van der Waals surface area contributed by atoms with Crippen LogP contribution in [0.2, 0.25) is 0 Å². The van der Waals surface area contributed by atoms with Gasteiger partial charge in [-0.05, 0) is 101 Å². The SMILES string of the molecule is COc1ccc(C(=O)NC(N)c2ccc(OCCCCCOc3ccc(C(=O)N(C(C)C)C(C)C)cc3OC)cc2)cc1OC. The normalized spacial score (nSPS) is 11.6. The van der Waals surface area contributed by atoms with Gasteiger partial charge in [-0.1, -0.05) is 12.1 Å². The molecule has 0 aliphatic rings. The van der Waals surface area contributed by atoms with Crippen LogP contribution in [0.4, 0.5) is 0 Å². The number of benzene rings is 3. The Morgan fingerprint density at radius 2 is 1.22 bits per heavy atom. The van der Waals surface area contributed by atoms with Gasteiger partial charge < -0.3 is 39.6 Å². The van der Waals surface area contributed by atoms with Gasteiger partial charge in [-0.3, -0.25) is 9.59 Å². The molecule has 3 aromatic carbocycles. The van der Waals surface area contributed by atoms with Crippen LogP contribution in [0, 0.1) is 0 Å². The first-order valence-corrected chi connectivity index (χ1v) is 15.2. The number of rotatable bonds is 17. The maximum absolute atomic E-state index is 13.0. The Hall–Kier alpha value is -4.44. The van der Waals surface area contributed by atoms with E-state index in [1.165, 1.54) is 14.2 Å². The van der Waals surface area contributed by atoms with E-state index < -0.39 is 6.17 Å². The number of methoxy groups -OCH3 is 3. The second kappa shape index (κ2) is 17.2. The summed E-state index contributed by atoms with van der Waals surface area (Å²) in [6, 6.07) is 17.8. The molecule has 45 heavy (non-hydrogen) atoms. The van der Waals surface area contributed by atoms with Crippen molar-refractivity contribution < 1.29 is 33.3 Å². The number of ether oxygens (including phenoxy) is 5. The molecular formula is C35H47N3O7. The van der Waals surface area contributed by atoms with Gasteiger partial charge in [0, 0.05) is 23.2 Å². The number of nitrogens with two attached hydrogens (primary N) is 1. The van der Waals surface area contributed by atoms with Crippen LogP contribution in [-0.2, 0) is 0 Å². The standard InChI is InChI=1S/C35H47N3O7/c1-23(2)38(24(3)4)35(40)27-14-18-30(32(22-27)43-7)45-20-10-8-9-19-44-28-15-11-25(12-16-28)33(36)37-34(39)26-13-17-29(41-5)31(21-26)42-6/h11-18,21-24,33H,8-10,19-20,36H2,1-7H3,(H,37,39). The zero-order valence-electron chi connectivity index (χ0n) is 27.4. The number of carbonyl (C=O) groups excluding carboxylic acids is 2. The van der Waals surface area contributed by atoms with E-state index in [2.05, 4.69) is 5.32 Å². The van der Waals surface area contributed by atoms with Crippen LogP contribution in [0.1, 0.15) is 79.4 Å². The first kappa shape index (κ1) is 35.0. The van der Waals surface area contributed by atoms with Crippen molar-refractivity contribution in [1.82, 2.24) is 10.2 Å². The van der Waals surface area contributed by atoms with E-state index in [4.69, 9.17) is 29.4 Å². The highest BCUT2D eigenvalue weighted by atomic mass is 16.5. The summed E-state index contributed by atoms with van der Waals surface area (Å²) in [6.07, 6.45) is 1.93. The third-order valence-corrected chi connectivity index (χ3v) is 7.24. The Kier molecular flexibility index (Phi) is 13.4. The lowest BCUT2D eigenvalue weighted by molar-refractivity contribution is 0.0643. The molecule has 3 N–H and O–H groups in total. The quantitative estimate of drug-likeness (QED) is 0.139. The van der Waals surface area contributed by atoms with Crippen molar-refractivity contribution in [3.05, 3.63) is 77.4 Å². The van der Waals surface area contributed by atoms with Crippen LogP contribution < -0.4 is 34.7 Å². The number of hydrogen-bond donors (Lipinski definition) is 2. The number of nitrogens with zero attached hydrogens (tertiary/aromatic N) is 1. The van der Waals surface area contributed by atoms with Gasteiger partial charge in [0.15, 0.2) is 23.0 Å². The highest BCUT2D eigenvalue weighted by molar-refractivity contribution is 5.95. The molecule has 0 aliphatic heterocycles. The minimum Gasteiger partial charge on any atom is -0.494 e. The molecule has 2 amide bonds. The molecule has 1 unspecified atom stereocenters. The number of carbonyl (C=O) groups is 2. The third kappa shape index (κ3) is 9.78. The number of unbranched alkanes of at least 4 members (excludes halogenated alkanes) is 2. The topological polar surface area (TPSA) is 122 Å². The average molecular weight is 622 g/mol. The summed E-state index contributed by atoms with van der Waals surface area (Å²) in [5, 5.41) is 2.80. The van der Waals surface area contributed by atoms with Crippen molar-refractivity contribution in [3.63, 3.8) is 0 Å². The molecule has 0 saturated heterocycles. The Morgan fingerprint density at radius 3 is 1.82 bits per heavy atom. The highest BCUT2D eigenvalue weighted by Crippen LogP contribution is 2.30. The summed E-state index contributed by atoms with van der Waals surface area (Å²) in [5.74, 6) is 2.54. The van der Waals surface area contributed by atoms with E-state index in [-0.39, 0.29) is 23.9 Å². The Balaban J connectivity index is 1.39. The van der Waals surface area contributed by atoms with Crippen molar-refractivity contribution in [1.29, 1.82) is 0 Å². The van der Waals surface area contributed by atoms with Gasteiger partial charge in [-0.15, -0.1) is 0 Å². The highest BCUT2D eigenvalue weighted by Gasteiger charge is 2.23. The van der Waals surface area contributed by atoms with E-state index in [1.54, 1.807) is 43.5 Å². The van der Waals surface area contributed by atoms with E-state index in [1.807, 2.05) is 56.9 Å². The zero-order valence-corrected chi connectivity index (χ0v) is 27.4. The molecule has 10 nitrogen and oxygen atoms in total. The maximum Gasteiger partial charge on any atom is 0.254 e. The van der Waals surface area contributed by atoms with Crippen LogP contribution >= 0.6 is 0 Å². The molecule has 10 heteroatoms. The van der Waals surface area contributed by atoms with Crippen molar-refractivity contribution in [2.45, 2.75) is 65.2 Å². The van der Waals surface area contributed by atoms with Crippen molar-refractivity contribution in [2.24, 2.45) is 5.73 Å². The molecule has 0 bridgehead atoms. The van der Waals surface area contributed by atoms with E-state index in [0.29, 0.717) is 47.3 Å². The van der Waals surface area contributed by atoms with Gasteiger partial charge >= 0.3 is 0 Å². The fourth-order valence-electron chi connectivity index (χ4n) is 4.94. The van der Waals surface area contributed by atoms with Crippen molar-refractivity contribution in [2.75, 3.05) is 34.5 Å².